The van der Waals surface area contributed by atoms with Crippen LogP contribution in [-0.2, 0) is 11.3 Å². The topological polar surface area (TPSA) is 147 Å². The Morgan fingerprint density at radius 3 is 2.69 bits per heavy atom. The molecule has 29 heavy (non-hydrogen) atoms. The molecule has 11 heteroatoms. The lowest BCUT2D eigenvalue weighted by atomic mass is 10.1. The largest absolute Gasteiger partial charge is 0.482 e. The number of carboxylic acid groups (broad SMARTS) is 1. The van der Waals surface area contributed by atoms with Gasteiger partial charge >= 0.3 is 5.97 Å². The maximum absolute atomic E-state index is 11.5. The number of fused-ring (bicyclic) bond motifs is 2. The van der Waals surface area contributed by atoms with E-state index in [0.717, 1.165) is 9.13 Å². The number of ether oxygens (including phenoxy) is 1. The van der Waals surface area contributed by atoms with Crippen LogP contribution in [0.5, 0.6) is 5.75 Å². The summed E-state index contributed by atoms with van der Waals surface area (Å²) >= 11 is 2.07. The number of nitrogens with two attached hydrogens (primary N) is 1. The van der Waals surface area contributed by atoms with Crippen molar-refractivity contribution >= 4 is 63.5 Å². The van der Waals surface area contributed by atoms with Crippen LogP contribution < -0.4 is 21.3 Å². The van der Waals surface area contributed by atoms with Crippen LogP contribution in [0.2, 0.25) is 0 Å². The molecular weight excluding hydrogens is 515 g/mol. The van der Waals surface area contributed by atoms with Gasteiger partial charge in [0.1, 0.15) is 5.75 Å². The van der Waals surface area contributed by atoms with E-state index >= 15 is 0 Å². The van der Waals surface area contributed by atoms with Crippen molar-refractivity contribution in [3.05, 3.63) is 61.7 Å². The van der Waals surface area contributed by atoms with Gasteiger partial charge < -0.3 is 25.9 Å². The predicted molar refractivity (Wildman–Crippen MR) is 118 cm³/mol. The average Bonchev–Trinajstić information content (AvgIpc) is 2.68. The molecule has 0 unspecified atom stereocenters. The van der Waals surface area contributed by atoms with Crippen LogP contribution in [0.25, 0.3) is 10.9 Å². The first-order valence-electron chi connectivity index (χ1n) is 8.06. The lowest BCUT2D eigenvalue weighted by Crippen LogP contribution is -2.25. The van der Waals surface area contributed by atoms with E-state index in [4.69, 9.17) is 15.6 Å². The summed E-state index contributed by atoms with van der Waals surface area (Å²) in [5, 5.41) is 11.8. The molecule has 9 nitrogen and oxygen atoms in total. The van der Waals surface area contributed by atoms with E-state index in [-0.39, 0.29) is 30.7 Å². The zero-order chi connectivity index (χ0) is 20.3. The van der Waals surface area contributed by atoms with Gasteiger partial charge in [-0.2, -0.15) is 0 Å². The van der Waals surface area contributed by atoms with Gasteiger partial charge in [0.25, 0.3) is 11.5 Å². The molecule has 1 amide bonds. The zero-order valence-electron chi connectivity index (χ0n) is 14.8. The van der Waals surface area contributed by atoms with Gasteiger partial charge in [-0.3, -0.25) is 9.59 Å². The third-order valence-corrected chi connectivity index (χ3v) is 4.45. The summed E-state index contributed by atoms with van der Waals surface area (Å²) < 4.78 is 6.08. The van der Waals surface area contributed by atoms with Crippen LogP contribution in [-0.4, -0.2) is 33.6 Å². The number of hydrogen-bond donors (Lipinski definition) is 4. The number of rotatable bonds is 2. The number of nitrogens with one attached hydrogen (secondary N) is 2. The average molecular weight is 531 g/mol. The number of halogens is 2. The third kappa shape index (κ3) is 5.43. The van der Waals surface area contributed by atoms with Gasteiger partial charge in [-0.15, -0.1) is 12.4 Å². The number of anilines is 1. The van der Waals surface area contributed by atoms with E-state index in [9.17, 15) is 14.4 Å². The lowest BCUT2D eigenvalue weighted by molar-refractivity contribution is -0.118. The molecule has 3 aromatic rings. The number of benzene rings is 2. The monoisotopic (exact) mass is 530 g/mol. The van der Waals surface area contributed by atoms with Crippen molar-refractivity contribution in [1.82, 2.24) is 9.97 Å². The van der Waals surface area contributed by atoms with Crippen molar-refractivity contribution in [1.29, 1.82) is 0 Å². The molecule has 0 radical (unpaired) electrons. The van der Waals surface area contributed by atoms with Crippen LogP contribution in [0, 0.1) is 3.57 Å². The highest BCUT2D eigenvalue weighted by atomic mass is 127. The van der Waals surface area contributed by atoms with Crippen LogP contribution in [0.3, 0.4) is 0 Å². The molecule has 1 aromatic heterocycles. The number of aromatic carboxylic acids is 1. The Bertz CT molecular complexity index is 1130. The Kier molecular flexibility index (Phi) is 7.53. The normalized spacial score (nSPS) is 11.9. The number of carboxylic acids is 1. The molecule has 0 atom stereocenters. The first-order chi connectivity index (χ1) is 13.4. The highest BCUT2D eigenvalue weighted by Gasteiger charge is 2.15. The first-order valence-corrected chi connectivity index (χ1v) is 9.14. The van der Waals surface area contributed by atoms with Gasteiger partial charge in [-0.05, 0) is 58.5 Å². The van der Waals surface area contributed by atoms with E-state index < -0.39 is 11.5 Å². The fourth-order valence-corrected chi connectivity index (χ4v) is 2.96. The van der Waals surface area contributed by atoms with E-state index in [1.54, 1.807) is 18.2 Å². The summed E-state index contributed by atoms with van der Waals surface area (Å²) in [4.78, 5) is 39.1. The minimum Gasteiger partial charge on any atom is -0.482 e. The number of H-pyrrole nitrogens is 1. The first kappa shape index (κ1) is 22.6. The second kappa shape index (κ2) is 9.67. The van der Waals surface area contributed by atoms with Crippen molar-refractivity contribution in [3.63, 3.8) is 0 Å². The maximum Gasteiger partial charge on any atom is 0.372 e. The third-order valence-electron chi connectivity index (χ3n) is 3.78. The molecule has 1 aliphatic rings. The fourth-order valence-electron chi connectivity index (χ4n) is 2.47. The second-order valence-corrected chi connectivity index (χ2v) is 7.00. The SMILES string of the molecule is Cl.NCc1ccc2c(c1)NC(=O)CO2.O=C(O)c1nc2ccc(I)cc2c(=O)[nH]1. The second-order valence-electron chi connectivity index (χ2n) is 5.75. The Morgan fingerprint density at radius 2 is 2.00 bits per heavy atom. The van der Waals surface area contributed by atoms with E-state index in [1.807, 2.05) is 18.2 Å². The zero-order valence-corrected chi connectivity index (χ0v) is 17.7. The number of aromatic amines is 1. The molecule has 0 saturated heterocycles. The molecular formula is C18H16ClIN4O5. The molecule has 0 fully saturated rings. The standard InChI is InChI=1S/C9H5IN2O3.C9H10N2O2.ClH/c10-4-1-2-6-5(3-4)8(13)12-7(11-6)9(14)15;10-4-6-1-2-8-7(3-6)11-9(12)5-13-8;/h1-3H,(H,14,15)(H,11,12,13);1-3H,4-5,10H2,(H,11,12);1H. The molecule has 1 aliphatic heterocycles. The van der Waals surface area contributed by atoms with Crippen molar-refractivity contribution in [3.8, 4) is 5.75 Å². The highest BCUT2D eigenvalue weighted by molar-refractivity contribution is 14.1. The number of carbonyl (C=O) groups is 2. The number of nitrogens with zero attached hydrogens (tertiary/aromatic N) is 1. The van der Waals surface area contributed by atoms with E-state index in [1.165, 1.54) is 0 Å². The maximum atomic E-state index is 11.5. The predicted octanol–water partition coefficient (Wildman–Crippen LogP) is 2.12. The lowest BCUT2D eigenvalue weighted by Gasteiger charge is -2.18. The smallest absolute Gasteiger partial charge is 0.372 e. The fraction of sp³-hybridized carbons (Fsp3) is 0.111. The van der Waals surface area contributed by atoms with Crippen LogP contribution in [0.1, 0.15) is 16.2 Å². The number of hydrogen-bond acceptors (Lipinski definition) is 6. The molecule has 2 heterocycles. The van der Waals surface area contributed by atoms with Crippen molar-refractivity contribution < 1.29 is 19.4 Å². The highest BCUT2D eigenvalue weighted by Crippen LogP contribution is 2.28. The Morgan fingerprint density at radius 1 is 1.24 bits per heavy atom. The molecule has 5 N–H and O–H groups in total. The van der Waals surface area contributed by atoms with Crippen LogP contribution in [0.15, 0.2) is 41.2 Å². The van der Waals surface area contributed by atoms with Crippen molar-refractivity contribution in [2.24, 2.45) is 5.73 Å². The number of aromatic nitrogens is 2. The van der Waals surface area contributed by atoms with Crippen LogP contribution in [0.4, 0.5) is 5.69 Å². The number of carbonyl (C=O) groups excluding carboxylic acids is 1. The summed E-state index contributed by atoms with van der Waals surface area (Å²) in [6, 6.07) is 10.6. The quantitative estimate of drug-likeness (QED) is 0.371. The molecule has 0 spiro atoms. The minimum absolute atomic E-state index is 0. The van der Waals surface area contributed by atoms with Gasteiger partial charge in [0.15, 0.2) is 6.61 Å². The van der Waals surface area contributed by atoms with Crippen LogP contribution >= 0.6 is 35.0 Å². The van der Waals surface area contributed by atoms with Gasteiger partial charge in [0.05, 0.1) is 16.6 Å². The summed E-state index contributed by atoms with van der Waals surface area (Å²) in [5.41, 5.74) is 7.10. The van der Waals surface area contributed by atoms with Gasteiger partial charge in [0, 0.05) is 10.1 Å². The summed E-state index contributed by atoms with van der Waals surface area (Å²) in [6.07, 6.45) is 0. The summed E-state index contributed by atoms with van der Waals surface area (Å²) in [7, 11) is 0. The van der Waals surface area contributed by atoms with E-state index in [2.05, 4.69) is 37.9 Å². The van der Waals surface area contributed by atoms with E-state index in [0.29, 0.717) is 28.9 Å². The molecule has 152 valence electrons. The molecule has 4 rings (SSSR count). The number of amides is 1. The molecule has 0 saturated carbocycles. The van der Waals surface area contributed by atoms with Crippen molar-refractivity contribution in [2.75, 3.05) is 11.9 Å². The molecule has 2 aromatic carbocycles. The van der Waals surface area contributed by atoms with Gasteiger partial charge in [0.2, 0.25) is 5.82 Å². The minimum atomic E-state index is -1.24. The Labute approximate surface area is 184 Å². The Balaban J connectivity index is 0.000000202. The Hall–Kier alpha value is -2.70. The summed E-state index contributed by atoms with van der Waals surface area (Å²) in [5.74, 6) is -1.00. The van der Waals surface area contributed by atoms with Crippen molar-refractivity contribution in [2.45, 2.75) is 6.54 Å². The van der Waals surface area contributed by atoms with Gasteiger partial charge in [-0.25, -0.2) is 9.78 Å². The summed E-state index contributed by atoms with van der Waals surface area (Å²) in [6.45, 7) is 0.554. The van der Waals surface area contributed by atoms with Gasteiger partial charge in [-0.1, -0.05) is 6.07 Å². The molecule has 0 aliphatic carbocycles. The molecule has 0 bridgehead atoms.